The van der Waals surface area contributed by atoms with E-state index in [1.54, 1.807) is 18.2 Å². The Bertz CT molecular complexity index is 949. The predicted octanol–water partition coefficient (Wildman–Crippen LogP) is 3.31. The molecule has 184 valence electrons. The number of urea groups is 1. The van der Waals surface area contributed by atoms with E-state index in [1.165, 1.54) is 6.21 Å². The summed E-state index contributed by atoms with van der Waals surface area (Å²) < 4.78 is 11.5. The van der Waals surface area contributed by atoms with Crippen molar-refractivity contribution in [2.75, 3.05) is 26.3 Å². The van der Waals surface area contributed by atoms with Crippen molar-refractivity contribution < 1.29 is 23.9 Å². The van der Waals surface area contributed by atoms with Crippen molar-refractivity contribution >= 4 is 24.1 Å². The summed E-state index contributed by atoms with van der Waals surface area (Å²) in [6.45, 7) is 5.96. The quantitative estimate of drug-likeness (QED) is 0.487. The van der Waals surface area contributed by atoms with Crippen LogP contribution in [0.3, 0.4) is 0 Å². The van der Waals surface area contributed by atoms with Crippen molar-refractivity contribution in [3.63, 3.8) is 0 Å². The molecule has 2 aliphatic heterocycles. The average molecular weight is 471 g/mol. The molecule has 1 spiro atoms. The monoisotopic (exact) mass is 470 g/mol. The lowest BCUT2D eigenvalue weighted by atomic mass is 9.77. The number of hydrazone groups is 1. The molecule has 1 aromatic rings. The van der Waals surface area contributed by atoms with Gasteiger partial charge < -0.3 is 19.7 Å². The van der Waals surface area contributed by atoms with Crippen LogP contribution in [0.1, 0.15) is 64.4 Å². The molecule has 0 aromatic heterocycles. The van der Waals surface area contributed by atoms with Gasteiger partial charge in [-0.05, 0) is 81.5 Å². The Morgan fingerprint density at radius 1 is 1.15 bits per heavy atom. The zero-order chi connectivity index (χ0) is 24.1. The fraction of sp³-hybridized carbons (Fsp3) is 0.600. The van der Waals surface area contributed by atoms with Gasteiger partial charge in [0.25, 0.3) is 11.8 Å². The van der Waals surface area contributed by atoms with Gasteiger partial charge in [-0.2, -0.15) is 5.10 Å². The van der Waals surface area contributed by atoms with Gasteiger partial charge in [0.2, 0.25) is 0 Å². The van der Waals surface area contributed by atoms with Crippen LogP contribution in [0.25, 0.3) is 0 Å². The van der Waals surface area contributed by atoms with Crippen LogP contribution in [0.5, 0.6) is 11.5 Å². The molecule has 2 heterocycles. The van der Waals surface area contributed by atoms with Gasteiger partial charge in [0.15, 0.2) is 18.1 Å². The van der Waals surface area contributed by atoms with Crippen molar-refractivity contribution in [2.24, 2.45) is 11.0 Å². The number of carbonyl (C=O) groups excluding carboxylic acids is 3. The second kappa shape index (κ2) is 10.4. The molecule has 2 saturated heterocycles. The van der Waals surface area contributed by atoms with Gasteiger partial charge in [-0.25, -0.2) is 4.79 Å². The van der Waals surface area contributed by atoms with E-state index in [0.29, 0.717) is 42.4 Å². The second-order valence-electron chi connectivity index (χ2n) is 9.43. The average Bonchev–Trinajstić information content (AvgIpc) is 3.08. The van der Waals surface area contributed by atoms with Gasteiger partial charge in [-0.1, -0.05) is 6.92 Å². The topological polar surface area (TPSA) is 101 Å². The number of imide groups is 1. The molecule has 0 atom stereocenters. The number of carbonyl (C=O) groups is 3. The van der Waals surface area contributed by atoms with E-state index in [4.69, 9.17) is 9.47 Å². The molecule has 0 unspecified atom stereocenters. The predicted molar refractivity (Wildman–Crippen MR) is 127 cm³/mol. The van der Waals surface area contributed by atoms with Crippen molar-refractivity contribution in [3.8, 4) is 11.5 Å². The third-order valence-corrected chi connectivity index (χ3v) is 6.92. The molecule has 0 radical (unpaired) electrons. The molecular weight excluding hydrogens is 436 g/mol. The summed E-state index contributed by atoms with van der Waals surface area (Å²) in [4.78, 5) is 39.7. The Hall–Kier alpha value is -3.10. The van der Waals surface area contributed by atoms with E-state index in [0.717, 1.165) is 50.2 Å². The lowest BCUT2D eigenvalue weighted by molar-refractivity contribution is -0.134. The molecule has 9 nitrogen and oxygen atoms in total. The van der Waals surface area contributed by atoms with Crippen LogP contribution in [0.15, 0.2) is 23.3 Å². The minimum atomic E-state index is -0.823. The number of ether oxygens (including phenoxy) is 2. The van der Waals surface area contributed by atoms with Crippen molar-refractivity contribution in [1.82, 2.24) is 15.2 Å². The highest BCUT2D eigenvalue weighted by molar-refractivity contribution is 6.07. The molecule has 3 aliphatic rings. The summed E-state index contributed by atoms with van der Waals surface area (Å²) >= 11 is 0. The lowest BCUT2D eigenvalue weighted by Crippen LogP contribution is -2.49. The summed E-state index contributed by atoms with van der Waals surface area (Å²) in [5.41, 5.74) is -0.173. The SMILES string of the molecule is CCOc1cc(/C=N/N2C(=O)NC3(CCC(C)CC3)C2=O)ccc1OCC(=O)N1CCCCC1. The van der Waals surface area contributed by atoms with Gasteiger partial charge in [0.1, 0.15) is 5.54 Å². The lowest BCUT2D eigenvalue weighted by Gasteiger charge is -2.33. The van der Waals surface area contributed by atoms with Crippen LogP contribution < -0.4 is 14.8 Å². The third kappa shape index (κ3) is 5.18. The van der Waals surface area contributed by atoms with E-state index >= 15 is 0 Å². The zero-order valence-electron chi connectivity index (χ0n) is 20.0. The fourth-order valence-corrected chi connectivity index (χ4v) is 4.80. The van der Waals surface area contributed by atoms with Gasteiger partial charge in [0, 0.05) is 13.1 Å². The maximum atomic E-state index is 13.0. The molecule has 1 aliphatic carbocycles. The Labute approximate surface area is 200 Å². The molecule has 4 rings (SSSR count). The van der Waals surface area contributed by atoms with Gasteiger partial charge in [-0.3, -0.25) is 9.59 Å². The van der Waals surface area contributed by atoms with Gasteiger partial charge >= 0.3 is 6.03 Å². The summed E-state index contributed by atoms with van der Waals surface area (Å²) in [5, 5.41) is 7.97. The number of benzene rings is 1. The van der Waals surface area contributed by atoms with Gasteiger partial charge in [0.05, 0.1) is 12.8 Å². The Balaban J connectivity index is 1.42. The number of likely N-dealkylation sites (tertiary alicyclic amines) is 1. The Morgan fingerprint density at radius 3 is 2.59 bits per heavy atom. The summed E-state index contributed by atoms with van der Waals surface area (Å²) in [6, 6.07) is 4.70. The number of nitrogens with zero attached hydrogens (tertiary/aromatic N) is 3. The molecule has 3 fully saturated rings. The number of rotatable bonds is 7. The minimum absolute atomic E-state index is 0.0302. The first-order valence-corrected chi connectivity index (χ1v) is 12.3. The highest BCUT2D eigenvalue weighted by Crippen LogP contribution is 2.36. The second-order valence-corrected chi connectivity index (χ2v) is 9.43. The number of hydrogen-bond acceptors (Lipinski definition) is 6. The van der Waals surface area contributed by atoms with Crippen molar-refractivity contribution in [3.05, 3.63) is 23.8 Å². The zero-order valence-corrected chi connectivity index (χ0v) is 20.0. The molecular formula is C25H34N4O5. The van der Waals surface area contributed by atoms with E-state index in [9.17, 15) is 14.4 Å². The van der Waals surface area contributed by atoms with Crippen LogP contribution in [0, 0.1) is 5.92 Å². The van der Waals surface area contributed by atoms with E-state index in [2.05, 4.69) is 17.3 Å². The normalized spacial score (nSPS) is 25.2. The third-order valence-electron chi connectivity index (χ3n) is 6.92. The molecule has 1 saturated carbocycles. The molecule has 1 N–H and O–H groups in total. The van der Waals surface area contributed by atoms with Crippen LogP contribution >= 0.6 is 0 Å². The summed E-state index contributed by atoms with van der Waals surface area (Å²) in [6.07, 6.45) is 7.78. The molecule has 0 bridgehead atoms. The first-order chi connectivity index (χ1) is 16.4. The van der Waals surface area contributed by atoms with Crippen LogP contribution in [-0.2, 0) is 9.59 Å². The highest BCUT2D eigenvalue weighted by atomic mass is 16.5. The first-order valence-electron chi connectivity index (χ1n) is 12.3. The van der Waals surface area contributed by atoms with Crippen molar-refractivity contribution in [2.45, 2.75) is 64.3 Å². The number of nitrogens with one attached hydrogen (secondary N) is 1. The molecule has 9 heteroatoms. The van der Waals surface area contributed by atoms with E-state index < -0.39 is 11.6 Å². The minimum Gasteiger partial charge on any atom is -0.490 e. The standard InChI is InChI=1S/C25H34N4O5/c1-3-33-21-15-19(7-8-20(21)34-17-22(30)28-13-5-4-6-14-28)16-26-29-23(31)25(27-24(29)32)11-9-18(2)10-12-25/h7-8,15-16,18H,3-6,9-14,17H2,1-2H3,(H,27,32)/b26-16+. The summed E-state index contributed by atoms with van der Waals surface area (Å²) in [5.74, 6) is 1.18. The molecule has 4 amide bonds. The van der Waals surface area contributed by atoms with Crippen LogP contribution in [0.2, 0.25) is 0 Å². The smallest absolute Gasteiger partial charge is 0.346 e. The molecule has 34 heavy (non-hydrogen) atoms. The van der Waals surface area contributed by atoms with Crippen molar-refractivity contribution in [1.29, 1.82) is 0 Å². The van der Waals surface area contributed by atoms with E-state index in [-0.39, 0.29) is 18.4 Å². The first kappa shape index (κ1) is 24.0. The maximum Gasteiger partial charge on any atom is 0.346 e. The van der Waals surface area contributed by atoms with Crippen LogP contribution in [0.4, 0.5) is 4.79 Å². The Morgan fingerprint density at radius 2 is 1.88 bits per heavy atom. The maximum absolute atomic E-state index is 13.0. The Kier molecular flexibility index (Phi) is 7.38. The fourth-order valence-electron chi connectivity index (χ4n) is 4.80. The number of hydrogen-bond donors (Lipinski definition) is 1. The largest absolute Gasteiger partial charge is 0.490 e. The number of amides is 4. The van der Waals surface area contributed by atoms with E-state index in [1.807, 2.05) is 11.8 Å². The highest BCUT2D eigenvalue weighted by Gasteiger charge is 2.52. The van der Waals surface area contributed by atoms with Gasteiger partial charge in [-0.15, -0.1) is 5.01 Å². The molecule has 1 aromatic carbocycles. The number of piperidine rings is 1. The summed E-state index contributed by atoms with van der Waals surface area (Å²) in [7, 11) is 0. The van der Waals surface area contributed by atoms with Crippen LogP contribution in [-0.4, -0.2) is 65.8 Å².